The van der Waals surface area contributed by atoms with Crippen LogP contribution in [0.4, 0.5) is 5.69 Å². The van der Waals surface area contributed by atoms with Crippen LogP contribution in [0.15, 0.2) is 18.2 Å². The lowest BCUT2D eigenvalue weighted by molar-refractivity contribution is -0.117. The van der Waals surface area contributed by atoms with E-state index in [9.17, 15) is 9.59 Å². The molecule has 0 bridgehead atoms. The number of hydrogen-bond donors (Lipinski definition) is 1. The van der Waals surface area contributed by atoms with Gasteiger partial charge in [0.15, 0.2) is 0 Å². The number of terminal acetylenes is 1. The lowest BCUT2D eigenvalue weighted by Crippen LogP contribution is -2.25. The van der Waals surface area contributed by atoms with Crippen molar-refractivity contribution >= 4 is 17.6 Å². The lowest BCUT2D eigenvalue weighted by Gasteiger charge is -2.19. The third-order valence-corrected chi connectivity index (χ3v) is 3.19. The van der Waals surface area contributed by atoms with E-state index < -0.39 is 5.97 Å². The molecule has 1 fully saturated rings. The van der Waals surface area contributed by atoms with Crippen molar-refractivity contribution in [3.63, 3.8) is 0 Å². The molecular formula is C14H13NO3. The van der Waals surface area contributed by atoms with Crippen molar-refractivity contribution in [1.29, 1.82) is 0 Å². The summed E-state index contributed by atoms with van der Waals surface area (Å²) < 4.78 is 0. The third kappa shape index (κ3) is 1.95. The van der Waals surface area contributed by atoms with Crippen molar-refractivity contribution in [2.45, 2.75) is 13.3 Å². The number of carboxylic acids is 1. The number of nitrogens with zero attached hydrogens (tertiary/aromatic N) is 1. The van der Waals surface area contributed by atoms with Crippen LogP contribution in [0.5, 0.6) is 0 Å². The number of carbonyl (C=O) groups excluding carboxylic acids is 1. The van der Waals surface area contributed by atoms with E-state index in [-0.39, 0.29) is 17.4 Å². The molecular weight excluding hydrogens is 230 g/mol. The van der Waals surface area contributed by atoms with Gasteiger partial charge >= 0.3 is 5.97 Å². The standard InChI is InChI=1S/C14H13NO3/c1-3-10-7-13(16)15(8-10)12-6-4-5-11(9(12)2)14(17)18/h1,4-6,10H,7-8H2,2H3,(H,17,18). The van der Waals surface area contributed by atoms with Gasteiger partial charge in [-0.3, -0.25) is 4.79 Å². The number of anilines is 1. The van der Waals surface area contributed by atoms with Gasteiger partial charge in [-0.25, -0.2) is 4.79 Å². The number of hydrogen-bond acceptors (Lipinski definition) is 2. The second kappa shape index (κ2) is 4.53. The van der Waals surface area contributed by atoms with Crippen molar-refractivity contribution in [3.05, 3.63) is 29.3 Å². The molecule has 2 rings (SSSR count). The number of rotatable bonds is 2. The molecule has 0 aromatic heterocycles. The van der Waals surface area contributed by atoms with Gasteiger partial charge in [0.25, 0.3) is 0 Å². The fourth-order valence-corrected chi connectivity index (χ4v) is 2.20. The van der Waals surface area contributed by atoms with Crippen LogP contribution in [0.25, 0.3) is 0 Å². The SMILES string of the molecule is C#CC1CC(=O)N(c2cccc(C(=O)O)c2C)C1. The van der Waals surface area contributed by atoms with Crippen LogP contribution in [0, 0.1) is 25.2 Å². The molecule has 0 spiro atoms. The molecule has 4 nitrogen and oxygen atoms in total. The Hall–Kier alpha value is -2.28. The van der Waals surface area contributed by atoms with E-state index in [0.29, 0.717) is 24.2 Å². The highest BCUT2D eigenvalue weighted by molar-refractivity contribution is 5.99. The second-order valence-corrected chi connectivity index (χ2v) is 4.33. The fraction of sp³-hybridized carbons (Fsp3) is 0.286. The van der Waals surface area contributed by atoms with Gasteiger partial charge in [0, 0.05) is 24.6 Å². The van der Waals surface area contributed by atoms with E-state index in [0.717, 1.165) is 0 Å². The highest BCUT2D eigenvalue weighted by Crippen LogP contribution is 2.29. The Morgan fingerprint density at radius 1 is 1.56 bits per heavy atom. The van der Waals surface area contributed by atoms with Crippen LogP contribution >= 0.6 is 0 Å². The first-order chi connectivity index (χ1) is 8.54. The van der Waals surface area contributed by atoms with Gasteiger partial charge in [-0.2, -0.15) is 0 Å². The Kier molecular flexibility index (Phi) is 3.07. The van der Waals surface area contributed by atoms with Crippen molar-refractivity contribution < 1.29 is 14.7 Å². The summed E-state index contributed by atoms with van der Waals surface area (Å²) in [6, 6.07) is 4.92. The molecule has 1 unspecified atom stereocenters. The summed E-state index contributed by atoms with van der Waals surface area (Å²) >= 11 is 0. The van der Waals surface area contributed by atoms with E-state index >= 15 is 0 Å². The summed E-state index contributed by atoms with van der Waals surface area (Å²) in [6.07, 6.45) is 5.66. The van der Waals surface area contributed by atoms with Gasteiger partial charge < -0.3 is 10.0 Å². The molecule has 1 aliphatic heterocycles. The third-order valence-electron chi connectivity index (χ3n) is 3.19. The summed E-state index contributed by atoms with van der Waals surface area (Å²) in [4.78, 5) is 24.5. The monoisotopic (exact) mass is 243 g/mol. The van der Waals surface area contributed by atoms with Crippen LogP contribution in [0.2, 0.25) is 0 Å². The molecule has 4 heteroatoms. The van der Waals surface area contributed by atoms with Gasteiger partial charge in [-0.15, -0.1) is 12.3 Å². The molecule has 0 saturated carbocycles. The molecule has 0 aliphatic carbocycles. The van der Waals surface area contributed by atoms with Gasteiger partial charge in [0.2, 0.25) is 5.91 Å². The maximum absolute atomic E-state index is 11.9. The zero-order valence-corrected chi connectivity index (χ0v) is 10.0. The zero-order valence-electron chi connectivity index (χ0n) is 10.0. The minimum atomic E-state index is -0.991. The first-order valence-electron chi connectivity index (χ1n) is 5.64. The summed E-state index contributed by atoms with van der Waals surface area (Å²) in [5, 5.41) is 9.06. The molecule has 1 aliphatic rings. The van der Waals surface area contributed by atoms with Gasteiger partial charge in [-0.05, 0) is 24.6 Å². The minimum absolute atomic E-state index is 0.0522. The fourth-order valence-electron chi connectivity index (χ4n) is 2.20. The van der Waals surface area contributed by atoms with Crippen LogP contribution < -0.4 is 4.90 Å². The van der Waals surface area contributed by atoms with E-state index in [4.69, 9.17) is 11.5 Å². The Balaban J connectivity index is 2.41. The van der Waals surface area contributed by atoms with Gasteiger partial charge in [0.1, 0.15) is 0 Å². The number of benzene rings is 1. The summed E-state index contributed by atoms with van der Waals surface area (Å²) in [7, 11) is 0. The number of carbonyl (C=O) groups is 2. The van der Waals surface area contributed by atoms with E-state index in [1.807, 2.05) is 0 Å². The Morgan fingerprint density at radius 2 is 2.28 bits per heavy atom. The number of aromatic carboxylic acids is 1. The van der Waals surface area contributed by atoms with Gasteiger partial charge in [-0.1, -0.05) is 6.07 Å². The molecule has 1 atom stereocenters. The summed E-state index contributed by atoms with van der Waals surface area (Å²) in [5.74, 6) is 1.44. The molecule has 1 amide bonds. The Labute approximate surface area is 105 Å². The highest BCUT2D eigenvalue weighted by Gasteiger charge is 2.30. The number of carboxylic acid groups (broad SMARTS) is 1. The maximum atomic E-state index is 11.9. The van der Waals surface area contributed by atoms with E-state index in [2.05, 4.69) is 5.92 Å². The van der Waals surface area contributed by atoms with Crippen LogP contribution in [-0.4, -0.2) is 23.5 Å². The van der Waals surface area contributed by atoms with Crippen molar-refractivity contribution in [2.24, 2.45) is 5.92 Å². The molecule has 0 radical (unpaired) electrons. The molecule has 1 aromatic rings. The number of amides is 1. The molecule has 1 saturated heterocycles. The predicted octanol–water partition coefficient (Wildman–Crippen LogP) is 1.68. The average Bonchev–Trinajstić information content (AvgIpc) is 2.70. The first-order valence-corrected chi connectivity index (χ1v) is 5.64. The van der Waals surface area contributed by atoms with E-state index in [1.54, 1.807) is 24.0 Å². The first kappa shape index (κ1) is 12.2. The highest BCUT2D eigenvalue weighted by atomic mass is 16.4. The topological polar surface area (TPSA) is 57.6 Å². The van der Waals surface area contributed by atoms with Crippen molar-refractivity contribution in [3.8, 4) is 12.3 Å². The quantitative estimate of drug-likeness (QED) is 0.804. The summed E-state index contributed by atoms with van der Waals surface area (Å²) in [6.45, 7) is 2.16. The largest absolute Gasteiger partial charge is 0.478 e. The second-order valence-electron chi connectivity index (χ2n) is 4.33. The summed E-state index contributed by atoms with van der Waals surface area (Å²) in [5.41, 5.74) is 1.44. The smallest absolute Gasteiger partial charge is 0.336 e. The van der Waals surface area contributed by atoms with Crippen molar-refractivity contribution in [1.82, 2.24) is 0 Å². The van der Waals surface area contributed by atoms with Crippen LogP contribution in [0.1, 0.15) is 22.3 Å². The predicted molar refractivity (Wildman–Crippen MR) is 67.4 cm³/mol. The average molecular weight is 243 g/mol. The van der Waals surface area contributed by atoms with Crippen LogP contribution in [0.3, 0.4) is 0 Å². The minimum Gasteiger partial charge on any atom is -0.478 e. The molecule has 1 aromatic carbocycles. The molecule has 1 N–H and O–H groups in total. The molecule has 18 heavy (non-hydrogen) atoms. The van der Waals surface area contributed by atoms with Crippen molar-refractivity contribution in [2.75, 3.05) is 11.4 Å². The zero-order chi connectivity index (χ0) is 13.3. The van der Waals surface area contributed by atoms with Gasteiger partial charge in [0.05, 0.1) is 5.56 Å². The Bertz CT molecular complexity index is 557. The molecule has 92 valence electrons. The lowest BCUT2D eigenvalue weighted by atomic mass is 10.1. The van der Waals surface area contributed by atoms with E-state index in [1.165, 1.54) is 6.07 Å². The maximum Gasteiger partial charge on any atom is 0.336 e. The normalized spacial score (nSPS) is 18.8. The molecule has 1 heterocycles. The Morgan fingerprint density at radius 3 is 2.83 bits per heavy atom. The van der Waals surface area contributed by atoms with Crippen LogP contribution in [-0.2, 0) is 4.79 Å².